The Morgan fingerprint density at radius 3 is 2.69 bits per heavy atom. The van der Waals surface area contributed by atoms with E-state index in [1.165, 1.54) is 4.90 Å². The third kappa shape index (κ3) is 3.71. The van der Waals surface area contributed by atoms with Crippen molar-refractivity contribution in [3.63, 3.8) is 0 Å². The molecule has 0 radical (unpaired) electrons. The van der Waals surface area contributed by atoms with E-state index in [1.54, 1.807) is 10.9 Å². The van der Waals surface area contributed by atoms with E-state index in [0.29, 0.717) is 31.7 Å². The fourth-order valence-corrected chi connectivity index (χ4v) is 2.98. The predicted octanol–water partition coefficient (Wildman–Crippen LogP) is 2.60. The van der Waals surface area contributed by atoms with Crippen molar-refractivity contribution in [1.29, 1.82) is 0 Å². The fourth-order valence-electron chi connectivity index (χ4n) is 2.98. The quantitative estimate of drug-likeness (QED) is 0.859. The van der Waals surface area contributed by atoms with Gasteiger partial charge in [-0.15, -0.1) is 0 Å². The van der Waals surface area contributed by atoms with Gasteiger partial charge in [-0.2, -0.15) is 5.10 Å². The van der Waals surface area contributed by atoms with Crippen molar-refractivity contribution in [3.8, 4) is 11.4 Å². The topological polar surface area (TPSA) is 84.7 Å². The fraction of sp³-hybridized carbons (Fsp3) is 0.421. The maximum atomic E-state index is 13.0. The number of aliphatic carboxylic acids is 1. The van der Waals surface area contributed by atoms with E-state index >= 15 is 0 Å². The Hall–Kier alpha value is -2.83. The van der Waals surface area contributed by atoms with Crippen LogP contribution in [0.2, 0.25) is 0 Å². The van der Waals surface area contributed by atoms with Crippen molar-refractivity contribution < 1.29 is 19.4 Å². The number of carbonyl (C=O) groups excluding carboxylic acids is 1. The molecule has 1 aromatic heterocycles. The number of carboxylic acids is 1. The normalized spacial score (nSPS) is 16.9. The number of likely N-dealkylation sites (tertiary alicyclic amines) is 1. The average Bonchev–Trinajstić information content (AvgIpc) is 3.27. The second-order valence-corrected chi connectivity index (χ2v) is 6.82. The van der Waals surface area contributed by atoms with E-state index in [0.717, 1.165) is 5.69 Å². The van der Waals surface area contributed by atoms with Crippen LogP contribution in [-0.4, -0.2) is 50.9 Å². The van der Waals surface area contributed by atoms with Crippen molar-refractivity contribution in [2.75, 3.05) is 13.2 Å². The van der Waals surface area contributed by atoms with Crippen LogP contribution in [0.15, 0.2) is 36.5 Å². The van der Waals surface area contributed by atoms with Gasteiger partial charge in [-0.1, -0.05) is 32.0 Å². The molecule has 138 valence electrons. The molecule has 1 fully saturated rings. The van der Waals surface area contributed by atoms with Gasteiger partial charge in [0.15, 0.2) is 11.4 Å². The van der Waals surface area contributed by atoms with Gasteiger partial charge in [0.05, 0.1) is 18.5 Å². The summed E-state index contributed by atoms with van der Waals surface area (Å²) in [6.45, 7) is 4.90. The molecule has 1 amide bonds. The van der Waals surface area contributed by atoms with E-state index in [9.17, 15) is 14.7 Å². The first-order chi connectivity index (χ1) is 12.5. The SMILES string of the molecule is CC(C)COc1cn(-c2ccccc2)nc1C(=O)N1CCC[C@H]1C(=O)O. The van der Waals surface area contributed by atoms with Crippen molar-refractivity contribution in [2.45, 2.75) is 32.7 Å². The van der Waals surface area contributed by atoms with Crippen LogP contribution < -0.4 is 4.74 Å². The highest BCUT2D eigenvalue weighted by molar-refractivity contribution is 5.97. The summed E-state index contributed by atoms with van der Waals surface area (Å²) in [4.78, 5) is 25.8. The minimum Gasteiger partial charge on any atom is -0.489 e. The van der Waals surface area contributed by atoms with Crippen LogP contribution >= 0.6 is 0 Å². The Bertz CT molecular complexity index is 785. The number of carbonyl (C=O) groups is 2. The largest absolute Gasteiger partial charge is 0.489 e. The number of ether oxygens (including phenoxy) is 1. The highest BCUT2D eigenvalue weighted by Crippen LogP contribution is 2.26. The van der Waals surface area contributed by atoms with Gasteiger partial charge in [-0.25, -0.2) is 9.48 Å². The second kappa shape index (κ2) is 7.59. The molecule has 1 aromatic carbocycles. The minimum atomic E-state index is -0.983. The molecule has 0 bridgehead atoms. The first-order valence-electron chi connectivity index (χ1n) is 8.79. The van der Waals surface area contributed by atoms with Gasteiger partial charge in [0, 0.05) is 6.54 Å². The number of hydrogen-bond acceptors (Lipinski definition) is 4. The van der Waals surface area contributed by atoms with E-state index in [-0.39, 0.29) is 11.6 Å². The summed E-state index contributed by atoms with van der Waals surface area (Å²) >= 11 is 0. The predicted molar refractivity (Wildman–Crippen MR) is 95.6 cm³/mol. The van der Waals surface area contributed by atoms with Crippen LogP contribution in [-0.2, 0) is 4.79 Å². The first-order valence-corrected chi connectivity index (χ1v) is 8.79. The Morgan fingerprint density at radius 2 is 2.04 bits per heavy atom. The lowest BCUT2D eigenvalue weighted by Crippen LogP contribution is -2.40. The Labute approximate surface area is 152 Å². The molecule has 3 rings (SSSR count). The molecule has 1 aliphatic heterocycles. The third-order valence-corrected chi connectivity index (χ3v) is 4.27. The molecule has 1 aliphatic rings. The lowest BCUT2D eigenvalue weighted by molar-refractivity contribution is -0.141. The first kappa shape index (κ1) is 18.0. The number of hydrogen-bond donors (Lipinski definition) is 1. The van der Waals surface area contributed by atoms with Crippen molar-refractivity contribution in [2.24, 2.45) is 5.92 Å². The molecule has 2 heterocycles. The molecule has 7 heteroatoms. The van der Waals surface area contributed by atoms with Crippen LogP contribution in [0.3, 0.4) is 0 Å². The second-order valence-electron chi connectivity index (χ2n) is 6.82. The molecule has 0 spiro atoms. The van der Waals surface area contributed by atoms with E-state index in [4.69, 9.17) is 4.74 Å². The molecule has 0 aliphatic carbocycles. The molecule has 26 heavy (non-hydrogen) atoms. The van der Waals surface area contributed by atoms with Gasteiger partial charge in [0.2, 0.25) is 0 Å². The van der Waals surface area contributed by atoms with Crippen LogP contribution in [0.5, 0.6) is 5.75 Å². The van der Waals surface area contributed by atoms with Crippen molar-refractivity contribution in [3.05, 3.63) is 42.2 Å². The molecule has 2 aromatic rings. The number of benzene rings is 1. The smallest absolute Gasteiger partial charge is 0.326 e. The van der Waals surface area contributed by atoms with Gasteiger partial charge in [-0.05, 0) is 30.9 Å². The maximum Gasteiger partial charge on any atom is 0.326 e. The number of carboxylic acid groups (broad SMARTS) is 1. The molecular weight excluding hydrogens is 334 g/mol. The van der Waals surface area contributed by atoms with Gasteiger partial charge in [-0.3, -0.25) is 4.79 Å². The van der Waals surface area contributed by atoms with Crippen LogP contribution in [0.4, 0.5) is 0 Å². The Morgan fingerprint density at radius 1 is 1.31 bits per heavy atom. The molecule has 0 saturated carbocycles. The highest BCUT2D eigenvalue weighted by Gasteiger charge is 2.36. The van der Waals surface area contributed by atoms with Gasteiger partial charge < -0.3 is 14.7 Å². The van der Waals surface area contributed by atoms with Crippen LogP contribution in [0.25, 0.3) is 5.69 Å². The zero-order valence-electron chi connectivity index (χ0n) is 15.0. The average molecular weight is 357 g/mol. The lowest BCUT2D eigenvalue weighted by atomic mass is 10.2. The maximum absolute atomic E-state index is 13.0. The Kier molecular flexibility index (Phi) is 5.25. The van der Waals surface area contributed by atoms with E-state index in [2.05, 4.69) is 5.10 Å². The summed E-state index contributed by atoms with van der Waals surface area (Å²) in [6, 6.07) is 8.62. The number of nitrogens with zero attached hydrogens (tertiary/aromatic N) is 3. The monoisotopic (exact) mass is 357 g/mol. The zero-order valence-corrected chi connectivity index (χ0v) is 15.0. The summed E-state index contributed by atoms with van der Waals surface area (Å²) in [5, 5.41) is 13.8. The zero-order chi connectivity index (χ0) is 18.7. The molecule has 1 saturated heterocycles. The number of rotatable bonds is 6. The molecule has 1 N–H and O–H groups in total. The molecule has 7 nitrogen and oxygen atoms in total. The summed E-state index contributed by atoms with van der Waals surface area (Å²) in [5.41, 5.74) is 0.958. The van der Waals surface area contributed by atoms with E-state index < -0.39 is 17.9 Å². The summed E-state index contributed by atoms with van der Waals surface area (Å²) in [6.07, 6.45) is 2.81. The number of amides is 1. The van der Waals surface area contributed by atoms with E-state index in [1.807, 2.05) is 44.2 Å². The molecule has 1 atom stereocenters. The molecular formula is C19H23N3O4. The van der Waals surface area contributed by atoms with Crippen molar-refractivity contribution in [1.82, 2.24) is 14.7 Å². The summed E-state index contributed by atoms with van der Waals surface area (Å²) < 4.78 is 7.39. The Balaban J connectivity index is 1.94. The molecule has 0 unspecified atom stereocenters. The van der Waals surface area contributed by atoms with Crippen molar-refractivity contribution >= 4 is 11.9 Å². The lowest BCUT2D eigenvalue weighted by Gasteiger charge is -2.20. The number of para-hydroxylation sites is 1. The highest BCUT2D eigenvalue weighted by atomic mass is 16.5. The number of aromatic nitrogens is 2. The van der Waals surface area contributed by atoms with Crippen LogP contribution in [0.1, 0.15) is 37.2 Å². The van der Waals surface area contributed by atoms with Gasteiger partial charge >= 0.3 is 5.97 Å². The van der Waals surface area contributed by atoms with Gasteiger partial charge in [0.1, 0.15) is 6.04 Å². The standard InChI is InChI=1S/C19H23N3O4/c1-13(2)12-26-16-11-22(14-7-4-3-5-8-14)20-17(16)18(23)21-10-6-9-15(21)19(24)25/h3-5,7-8,11,13,15H,6,9-10,12H2,1-2H3,(H,24,25)/t15-/m0/s1. The minimum absolute atomic E-state index is 0.155. The summed E-state index contributed by atoms with van der Waals surface area (Å²) in [5.74, 6) is -0.716. The van der Waals surface area contributed by atoms with Gasteiger partial charge in [0.25, 0.3) is 5.91 Å². The third-order valence-electron chi connectivity index (χ3n) is 4.27. The van der Waals surface area contributed by atoms with Crippen LogP contribution in [0, 0.1) is 5.92 Å². The summed E-state index contributed by atoms with van der Waals surface area (Å²) in [7, 11) is 0.